The van der Waals surface area contributed by atoms with Crippen molar-refractivity contribution < 1.29 is 35.0 Å². The Kier molecular flexibility index (Phi) is 7.47. The lowest BCUT2D eigenvalue weighted by Gasteiger charge is -2.72. The van der Waals surface area contributed by atoms with E-state index in [1.54, 1.807) is 5.57 Å². The molecule has 0 aromatic rings. The van der Waals surface area contributed by atoms with Crippen LogP contribution in [0.4, 0.5) is 0 Å². The fraction of sp³-hybridized carbons (Fsp3) is 0.943. The number of aliphatic hydroxyl groups excluding tert-OH is 5. The van der Waals surface area contributed by atoms with Crippen LogP contribution in [0.3, 0.4) is 0 Å². The first-order chi connectivity index (χ1) is 19.5. The second-order valence-corrected chi connectivity index (χ2v) is 17.5. The standard InChI is InChI=1S/C35H58O7/c1-30(2)12-13-31(3)14-15-33(5)20(21(31)17-30)8-9-24-34(33,6)11-10-23-32(4,19-36)26(16-25(38)35(23,24)7)42-29-28(40)27(39)22(37)18-41-29/h8,21-29,36-40H,9-19H2,1-7H3/t21-,22-,23-,24-,25?,26?,27-,28+,29-,31+,32-,33+,34+,35-/m0/s1. The predicted molar refractivity (Wildman–Crippen MR) is 160 cm³/mol. The summed E-state index contributed by atoms with van der Waals surface area (Å²) in [5.74, 6) is 0.906. The van der Waals surface area contributed by atoms with E-state index in [2.05, 4.69) is 54.5 Å². The average Bonchev–Trinajstić information content (AvgIpc) is 2.93. The zero-order valence-electron chi connectivity index (χ0n) is 27.1. The van der Waals surface area contributed by atoms with E-state index in [9.17, 15) is 25.5 Å². The molecule has 6 rings (SSSR count). The highest BCUT2D eigenvalue weighted by Crippen LogP contribution is 2.75. The molecule has 0 spiro atoms. The van der Waals surface area contributed by atoms with Crippen molar-refractivity contribution in [2.45, 2.75) is 143 Å². The highest BCUT2D eigenvalue weighted by atomic mass is 16.7. The molecule has 1 saturated heterocycles. The lowest BCUT2D eigenvalue weighted by molar-refractivity contribution is -0.323. The van der Waals surface area contributed by atoms with Gasteiger partial charge in [-0.3, -0.25) is 0 Å². The van der Waals surface area contributed by atoms with Crippen molar-refractivity contribution in [1.82, 2.24) is 0 Å². The van der Waals surface area contributed by atoms with Gasteiger partial charge < -0.3 is 35.0 Å². The van der Waals surface area contributed by atoms with Gasteiger partial charge in [-0.1, -0.05) is 60.1 Å². The summed E-state index contributed by atoms with van der Waals surface area (Å²) in [5, 5.41) is 53.9. The maximum Gasteiger partial charge on any atom is 0.186 e. The van der Waals surface area contributed by atoms with E-state index >= 15 is 0 Å². The Morgan fingerprint density at radius 1 is 0.881 bits per heavy atom. The van der Waals surface area contributed by atoms with Crippen molar-refractivity contribution >= 4 is 0 Å². The smallest absolute Gasteiger partial charge is 0.186 e. The molecule has 7 nitrogen and oxygen atoms in total. The van der Waals surface area contributed by atoms with Crippen molar-refractivity contribution in [2.75, 3.05) is 13.2 Å². The van der Waals surface area contributed by atoms with Crippen molar-refractivity contribution in [3.05, 3.63) is 11.6 Å². The van der Waals surface area contributed by atoms with Crippen LogP contribution in [0.1, 0.15) is 106 Å². The Morgan fingerprint density at radius 2 is 1.57 bits per heavy atom. The third-order valence-corrected chi connectivity index (χ3v) is 15.0. The first-order valence-corrected chi connectivity index (χ1v) is 16.8. The summed E-state index contributed by atoms with van der Waals surface area (Å²) in [4.78, 5) is 0. The number of rotatable bonds is 3. The summed E-state index contributed by atoms with van der Waals surface area (Å²) in [5.41, 5.74) is 1.49. The highest BCUT2D eigenvalue weighted by molar-refractivity contribution is 5.34. The molecule has 0 aromatic carbocycles. The second-order valence-electron chi connectivity index (χ2n) is 17.5. The average molecular weight is 591 g/mol. The molecule has 0 amide bonds. The van der Waals surface area contributed by atoms with Crippen molar-refractivity contribution in [1.29, 1.82) is 0 Å². The molecule has 5 fully saturated rings. The number of ether oxygens (including phenoxy) is 2. The van der Waals surface area contributed by atoms with Gasteiger partial charge in [-0.25, -0.2) is 0 Å². The van der Waals surface area contributed by atoms with Crippen LogP contribution in [0.2, 0.25) is 0 Å². The van der Waals surface area contributed by atoms with E-state index in [0.29, 0.717) is 23.2 Å². The molecule has 0 aromatic heterocycles. The van der Waals surface area contributed by atoms with Gasteiger partial charge in [0.1, 0.15) is 18.3 Å². The maximum atomic E-state index is 12.1. The van der Waals surface area contributed by atoms with Crippen LogP contribution in [0.5, 0.6) is 0 Å². The third-order valence-electron chi connectivity index (χ3n) is 15.0. The predicted octanol–water partition coefficient (Wildman–Crippen LogP) is 4.58. The van der Waals surface area contributed by atoms with Crippen LogP contribution in [0.15, 0.2) is 11.6 Å². The summed E-state index contributed by atoms with van der Waals surface area (Å²) in [6.45, 7) is 16.6. The Labute approximate surface area is 253 Å². The summed E-state index contributed by atoms with van der Waals surface area (Å²) >= 11 is 0. The van der Waals surface area contributed by atoms with Gasteiger partial charge in [0.2, 0.25) is 0 Å². The zero-order valence-corrected chi connectivity index (χ0v) is 27.1. The van der Waals surface area contributed by atoms with E-state index in [4.69, 9.17) is 9.47 Å². The molecule has 1 aliphatic heterocycles. The van der Waals surface area contributed by atoms with Crippen LogP contribution in [-0.4, -0.2) is 75.6 Å². The van der Waals surface area contributed by atoms with Crippen LogP contribution in [0.25, 0.3) is 0 Å². The summed E-state index contributed by atoms with van der Waals surface area (Å²) in [6, 6.07) is 0. The van der Waals surface area contributed by atoms with Gasteiger partial charge in [-0.05, 0) is 90.8 Å². The zero-order chi connectivity index (χ0) is 30.7. The minimum absolute atomic E-state index is 0.0130. The topological polar surface area (TPSA) is 120 Å². The van der Waals surface area contributed by atoms with Crippen molar-refractivity contribution in [2.24, 2.45) is 50.2 Å². The SMILES string of the molecule is CC1(C)CC[C@]2(C)CC[C@]3(C)C(=CC[C@@H]4[C@@]5(C)C(O)CC(O[C@@H]6OC[C@H](O)[C@H](O)[C@H]6O)[C@@](C)(CO)[C@@H]5CC[C@]43C)[C@@H]2C1. The fourth-order valence-corrected chi connectivity index (χ4v) is 11.7. The molecular formula is C35H58O7. The summed E-state index contributed by atoms with van der Waals surface area (Å²) < 4.78 is 11.9. The quantitative estimate of drug-likeness (QED) is 0.241. The molecule has 0 radical (unpaired) electrons. The van der Waals surface area contributed by atoms with E-state index in [1.807, 2.05) is 0 Å². The Morgan fingerprint density at radius 3 is 2.26 bits per heavy atom. The lowest BCUT2D eigenvalue weighted by atomic mass is 9.33. The highest BCUT2D eigenvalue weighted by Gasteiger charge is 2.70. The molecule has 0 bridgehead atoms. The molecule has 42 heavy (non-hydrogen) atoms. The molecule has 6 aliphatic rings. The van der Waals surface area contributed by atoms with E-state index in [1.165, 1.54) is 32.1 Å². The minimum Gasteiger partial charge on any atom is -0.396 e. The van der Waals surface area contributed by atoms with Gasteiger partial charge in [0.25, 0.3) is 0 Å². The second kappa shape index (κ2) is 9.98. The Hall–Kier alpha value is -0.540. The summed E-state index contributed by atoms with van der Waals surface area (Å²) in [7, 11) is 0. The van der Waals surface area contributed by atoms with Crippen LogP contribution in [-0.2, 0) is 9.47 Å². The van der Waals surface area contributed by atoms with Gasteiger partial charge in [0.05, 0.1) is 25.4 Å². The van der Waals surface area contributed by atoms with Crippen molar-refractivity contribution in [3.8, 4) is 0 Å². The molecule has 4 saturated carbocycles. The van der Waals surface area contributed by atoms with E-state index < -0.39 is 47.6 Å². The normalized spacial score (nSPS) is 57.2. The maximum absolute atomic E-state index is 12.1. The molecule has 5 N–H and O–H groups in total. The minimum atomic E-state index is -1.40. The van der Waals surface area contributed by atoms with Gasteiger partial charge in [0, 0.05) is 17.3 Å². The van der Waals surface area contributed by atoms with Gasteiger partial charge in [-0.2, -0.15) is 0 Å². The summed E-state index contributed by atoms with van der Waals surface area (Å²) in [6.07, 6.45) is 5.88. The van der Waals surface area contributed by atoms with Gasteiger partial charge in [0.15, 0.2) is 6.29 Å². The molecule has 240 valence electrons. The van der Waals surface area contributed by atoms with Crippen molar-refractivity contribution in [3.63, 3.8) is 0 Å². The molecule has 1 heterocycles. The number of allylic oxidation sites excluding steroid dienone is 2. The fourth-order valence-electron chi connectivity index (χ4n) is 11.7. The van der Waals surface area contributed by atoms with Gasteiger partial charge >= 0.3 is 0 Å². The third kappa shape index (κ3) is 4.16. The Balaban J connectivity index is 1.33. The largest absolute Gasteiger partial charge is 0.396 e. The first-order valence-electron chi connectivity index (χ1n) is 16.8. The molecule has 2 unspecified atom stereocenters. The lowest BCUT2D eigenvalue weighted by Crippen LogP contribution is -2.70. The molecular weight excluding hydrogens is 532 g/mol. The number of hydrogen-bond acceptors (Lipinski definition) is 7. The van der Waals surface area contributed by atoms with E-state index in [-0.39, 0.29) is 35.9 Å². The molecule has 5 aliphatic carbocycles. The van der Waals surface area contributed by atoms with Crippen LogP contribution < -0.4 is 0 Å². The molecule has 7 heteroatoms. The van der Waals surface area contributed by atoms with Crippen LogP contribution >= 0.6 is 0 Å². The Bertz CT molecular complexity index is 1090. The number of aliphatic hydroxyl groups is 5. The first kappa shape index (κ1) is 31.4. The molecule has 14 atom stereocenters. The van der Waals surface area contributed by atoms with Gasteiger partial charge in [-0.15, -0.1) is 0 Å². The number of hydrogen-bond donors (Lipinski definition) is 5. The van der Waals surface area contributed by atoms with E-state index in [0.717, 1.165) is 19.3 Å². The number of fused-ring (bicyclic) bond motifs is 7. The monoisotopic (exact) mass is 590 g/mol. The van der Waals surface area contributed by atoms with Crippen LogP contribution in [0, 0.1) is 50.2 Å².